The molecule has 1 aromatic carbocycles. The average Bonchev–Trinajstić information content (AvgIpc) is 3.15. The number of halogens is 1. The molecule has 2 amide bonds. The van der Waals surface area contributed by atoms with E-state index in [1.807, 2.05) is 13.8 Å². The molecular formula is C20H25BrN4O5. The number of carbonyl (C=O) groups is 3. The number of nitrogens with one attached hydrogen (secondary N) is 2. The molecule has 0 aliphatic rings. The number of rotatable bonds is 10. The molecule has 10 heteroatoms. The highest BCUT2D eigenvalue weighted by molar-refractivity contribution is 9.09. The normalized spacial score (nSPS) is 11.8. The van der Waals surface area contributed by atoms with E-state index in [1.165, 1.54) is 7.11 Å². The Morgan fingerprint density at radius 2 is 2.00 bits per heavy atom. The molecule has 0 spiro atoms. The summed E-state index contributed by atoms with van der Waals surface area (Å²) in [7, 11) is 1.51. The van der Waals surface area contributed by atoms with Crippen LogP contribution in [0.15, 0.2) is 22.7 Å². The fourth-order valence-corrected chi connectivity index (χ4v) is 2.94. The van der Waals surface area contributed by atoms with Gasteiger partial charge in [0.25, 0.3) is 5.89 Å². The average molecular weight is 481 g/mol. The van der Waals surface area contributed by atoms with Crippen molar-refractivity contribution in [2.45, 2.75) is 33.2 Å². The lowest BCUT2D eigenvalue weighted by molar-refractivity contribution is -0.130. The van der Waals surface area contributed by atoms with E-state index in [0.29, 0.717) is 28.6 Å². The van der Waals surface area contributed by atoms with Crippen LogP contribution >= 0.6 is 15.9 Å². The van der Waals surface area contributed by atoms with Gasteiger partial charge in [-0.15, -0.1) is 0 Å². The number of benzene rings is 1. The molecule has 0 saturated carbocycles. The maximum absolute atomic E-state index is 12.7. The first-order valence-corrected chi connectivity index (χ1v) is 10.5. The van der Waals surface area contributed by atoms with E-state index in [4.69, 9.17) is 9.26 Å². The summed E-state index contributed by atoms with van der Waals surface area (Å²) in [5, 5.41) is 9.22. The lowest BCUT2D eigenvalue weighted by Crippen LogP contribution is -2.51. The van der Waals surface area contributed by atoms with Crippen molar-refractivity contribution in [1.29, 1.82) is 0 Å². The first-order chi connectivity index (χ1) is 14.2. The van der Waals surface area contributed by atoms with Crippen molar-refractivity contribution < 1.29 is 23.6 Å². The molecule has 0 fully saturated rings. The van der Waals surface area contributed by atoms with Gasteiger partial charge < -0.3 is 19.9 Å². The summed E-state index contributed by atoms with van der Waals surface area (Å²) >= 11 is 3.05. The molecule has 9 nitrogen and oxygen atoms in total. The number of aromatic nitrogens is 2. The number of hydrogen-bond donors (Lipinski definition) is 2. The van der Waals surface area contributed by atoms with Gasteiger partial charge in [0.05, 0.1) is 25.4 Å². The van der Waals surface area contributed by atoms with Crippen LogP contribution in [0.25, 0.3) is 11.5 Å². The molecule has 1 heterocycles. The molecule has 0 saturated heterocycles. The Bertz CT molecular complexity index is 912. The van der Waals surface area contributed by atoms with E-state index < -0.39 is 11.9 Å². The van der Waals surface area contributed by atoms with Gasteiger partial charge in [0.1, 0.15) is 11.8 Å². The van der Waals surface area contributed by atoms with E-state index >= 15 is 0 Å². The molecule has 0 aliphatic heterocycles. The largest absolute Gasteiger partial charge is 0.496 e. The van der Waals surface area contributed by atoms with Gasteiger partial charge in [-0.25, -0.2) is 0 Å². The lowest BCUT2D eigenvalue weighted by atomic mass is 10.0. The van der Waals surface area contributed by atoms with Crippen LogP contribution in [0.3, 0.4) is 0 Å². The molecule has 30 heavy (non-hydrogen) atoms. The molecule has 1 atom stereocenters. The fraction of sp³-hybridized carbons (Fsp3) is 0.450. The van der Waals surface area contributed by atoms with Gasteiger partial charge in [-0.05, 0) is 31.0 Å². The van der Waals surface area contributed by atoms with E-state index in [1.54, 1.807) is 25.1 Å². The Hall–Kier alpha value is -2.75. The first-order valence-electron chi connectivity index (χ1n) is 9.37. The van der Waals surface area contributed by atoms with E-state index in [0.717, 1.165) is 0 Å². The van der Waals surface area contributed by atoms with Crippen molar-refractivity contribution in [2.75, 3.05) is 19.0 Å². The van der Waals surface area contributed by atoms with Gasteiger partial charge in [-0.1, -0.05) is 34.9 Å². The molecule has 0 bridgehead atoms. The molecule has 1 unspecified atom stereocenters. The second-order valence-electron chi connectivity index (χ2n) is 7.03. The van der Waals surface area contributed by atoms with Crippen LogP contribution in [0.2, 0.25) is 0 Å². The monoisotopic (exact) mass is 480 g/mol. The topological polar surface area (TPSA) is 123 Å². The summed E-state index contributed by atoms with van der Waals surface area (Å²) in [6.07, 6.45) is -0.0129. The van der Waals surface area contributed by atoms with Crippen molar-refractivity contribution in [2.24, 2.45) is 5.92 Å². The predicted molar refractivity (Wildman–Crippen MR) is 113 cm³/mol. The number of ketones is 1. The summed E-state index contributed by atoms with van der Waals surface area (Å²) in [4.78, 5) is 40.7. The van der Waals surface area contributed by atoms with Crippen molar-refractivity contribution in [3.05, 3.63) is 29.6 Å². The zero-order valence-corrected chi connectivity index (χ0v) is 18.9. The quantitative estimate of drug-likeness (QED) is 0.496. The molecule has 2 rings (SSSR count). The number of hydrogen-bond acceptors (Lipinski definition) is 7. The summed E-state index contributed by atoms with van der Waals surface area (Å²) < 4.78 is 10.5. The minimum Gasteiger partial charge on any atom is -0.496 e. The first kappa shape index (κ1) is 23.5. The summed E-state index contributed by atoms with van der Waals surface area (Å²) in [5.41, 5.74) is 1.27. The number of amides is 2. The third kappa shape index (κ3) is 6.38. The van der Waals surface area contributed by atoms with Crippen molar-refractivity contribution >= 4 is 33.5 Å². The molecule has 1 aromatic heterocycles. The third-order valence-corrected chi connectivity index (χ3v) is 4.91. The van der Waals surface area contributed by atoms with Gasteiger partial charge in [-0.3, -0.25) is 14.4 Å². The summed E-state index contributed by atoms with van der Waals surface area (Å²) in [5.74, 6) is 0.288. The second kappa shape index (κ2) is 10.9. The van der Waals surface area contributed by atoms with Crippen LogP contribution in [-0.2, 0) is 20.8 Å². The van der Waals surface area contributed by atoms with Crippen LogP contribution in [0.1, 0.15) is 25.2 Å². The third-order valence-electron chi connectivity index (χ3n) is 4.28. The van der Waals surface area contributed by atoms with E-state index in [-0.39, 0.29) is 35.9 Å². The van der Waals surface area contributed by atoms with Crippen LogP contribution in [-0.4, -0.2) is 52.8 Å². The number of ether oxygens (including phenoxy) is 1. The predicted octanol–water partition coefficient (Wildman–Crippen LogP) is 1.82. The fourth-order valence-electron chi connectivity index (χ4n) is 2.74. The number of Topliss-reactive ketones (excluding diaryl/α,β-unsaturated/α-hetero) is 1. The number of aryl methyl sites for hydroxylation is 1. The maximum Gasteiger partial charge on any atom is 0.257 e. The molecular weight excluding hydrogens is 456 g/mol. The van der Waals surface area contributed by atoms with Gasteiger partial charge >= 0.3 is 0 Å². The van der Waals surface area contributed by atoms with Crippen LogP contribution in [0.4, 0.5) is 0 Å². The van der Waals surface area contributed by atoms with Gasteiger partial charge in [0.2, 0.25) is 11.8 Å². The van der Waals surface area contributed by atoms with Gasteiger partial charge in [-0.2, -0.15) is 4.98 Å². The Labute approximate surface area is 183 Å². The molecule has 2 N–H and O–H groups in total. The smallest absolute Gasteiger partial charge is 0.257 e. The van der Waals surface area contributed by atoms with Crippen LogP contribution in [0, 0.1) is 12.8 Å². The highest BCUT2D eigenvalue weighted by atomic mass is 79.9. The molecule has 0 aliphatic carbocycles. The van der Waals surface area contributed by atoms with Crippen molar-refractivity contribution in [1.82, 2.24) is 20.8 Å². The standard InChI is InChI=1S/C20H25BrN4O5/c1-11(2)18(19(28)22-10-15(26)9-21)24-17(27)8-14-7-13(5-6-16(14)29-4)20-23-12(3)25-30-20/h5-7,11,18H,8-10H2,1-4H3,(H,22,28)(H,24,27). The van der Waals surface area contributed by atoms with Crippen LogP contribution < -0.4 is 15.4 Å². The highest BCUT2D eigenvalue weighted by Crippen LogP contribution is 2.26. The minimum atomic E-state index is -0.770. The van der Waals surface area contributed by atoms with E-state index in [9.17, 15) is 14.4 Å². The number of carbonyl (C=O) groups excluding carboxylic acids is 3. The summed E-state index contributed by atoms with van der Waals surface area (Å²) in [6, 6.07) is 4.45. The molecule has 162 valence electrons. The summed E-state index contributed by atoms with van der Waals surface area (Å²) in [6.45, 7) is 5.25. The lowest BCUT2D eigenvalue weighted by Gasteiger charge is -2.22. The second-order valence-corrected chi connectivity index (χ2v) is 7.59. The SMILES string of the molecule is COc1ccc(-c2nc(C)no2)cc1CC(=O)NC(C(=O)NCC(=O)CBr)C(C)C. The van der Waals surface area contributed by atoms with Crippen molar-refractivity contribution in [3.63, 3.8) is 0 Å². The van der Waals surface area contributed by atoms with Gasteiger partial charge in [0.15, 0.2) is 11.6 Å². The number of methoxy groups -OCH3 is 1. The Kier molecular flexibility index (Phi) is 8.52. The van der Waals surface area contributed by atoms with Crippen molar-refractivity contribution in [3.8, 4) is 17.2 Å². The van der Waals surface area contributed by atoms with Gasteiger partial charge in [0, 0.05) is 11.1 Å². The zero-order chi connectivity index (χ0) is 22.3. The highest BCUT2D eigenvalue weighted by Gasteiger charge is 2.25. The maximum atomic E-state index is 12.7. The Morgan fingerprint density at radius 3 is 2.57 bits per heavy atom. The zero-order valence-electron chi connectivity index (χ0n) is 17.3. The Balaban J connectivity index is 2.12. The van der Waals surface area contributed by atoms with E-state index in [2.05, 4.69) is 36.7 Å². The minimum absolute atomic E-state index is 0.0129. The molecule has 2 aromatic rings. The molecule has 0 radical (unpaired) electrons. The van der Waals surface area contributed by atoms with Crippen LogP contribution in [0.5, 0.6) is 5.75 Å². The Morgan fingerprint density at radius 1 is 1.27 bits per heavy atom. The number of alkyl halides is 1. The number of nitrogens with zero attached hydrogens (tertiary/aromatic N) is 2.